The van der Waals surface area contributed by atoms with Crippen LogP contribution in [0.25, 0.3) is 0 Å². The molecule has 0 aromatic rings. The quantitative estimate of drug-likeness (QED) is 0.770. The lowest BCUT2D eigenvalue weighted by Gasteiger charge is -2.22. The highest BCUT2D eigenvalue weighted by molar-refractivity contribution is 6.00. The summed E-state index contributed by atoms with van der Waals surface area (Å²) in [7, 11) is 0. The molecule has 0 bridgehead atoms. The Morgan fingerprint density at radius 1 is 1.35 bits per heavy atom. The lowest BCUT2D eigenvalue weighted by atomic mass is 9.92. The molecule has 3 rings (SSSR count). The van der Waals surface area contributed by atoms with Crippen molar-refractivity contribution < 1.29 is 9.53 Å². The fourth-order valence-corrected chi connectivity index (χ4v) is 3.46. The van der Waals surface area contributed by atoms with E-state index in [-0.39, 0.29) is 5.92 Å². The van der Waals surface area contributed by atoms with Crippen molar-refractivity contribution in [3.63, 3.8) is 0 Å². The van der Waals surface area contributed by atoms with E-state index in [9.17, 15) is 4.79 Å². The van der Waals surface area contributed by atoms with Gasteiger partial charge < -0.3 is 9.64 Å². The molecule has 1 saturated heterocycles. The summed E-state index contributed by atoms with van der Waals surface area (Å²) >= 11 is 0. The fraction of sp³-hybridized carbons (Fsp3) is 0.588. The maximum atomic E-state index is 12.8. The van der Waals surface area contributed by atoms with E-state index < -0.39 is 0 Å². The molecule has 3 heteroatoms. The lowest BCUT2D eigenvalue weighted by Crippen LogP contribution is -2.31. The van der Waals surface area contributed by atoms with Gasteiger partial charge in [-0.25, -0.2) is 0 Å². The van der Waals surface area contributed by atoms with Crippen LogP contribution in [0.4, 0.5) is 0 Å². The van der Waals surface area contributed by atoms with Gasteiger partial charge in [-0.3, -0.25) is 4.79 Å². The molecule has 1 aliphatic carbocycles. The van der Waals surface area contributed by atoms with Gasteiger partial charge in [-0.15, -0.1) is 0 Å². The summed E-state index contributed by atoms with van der Waals surface area (Å²) < 4.78 is 5.21. The molecule has 3 aliphatic rings. The molecular weight excluding hydrogens is 250 g/mol. The topological polar surface area (TPSA) is 29.5 Å². The van der Waals surface area contributed by atoms with Crippen molar-refractivity contribution in [3.8, 4) is 0 Å². The number of likely N-dealkylation sites (tertiary alicyclic amines) is 1. The van der Waals surface area contributed by atoms with Crippen LogP contribution in [0.1, 0.15) is 39.0 Å². The van der Waals surface area contributed by atoms with Gasteiger partial charge in [0.15, 0.2) is 5.78 Å². The van der Waals surface area contributed by atoms with Crippen LogP contribution in [0, 0.1) is 5.92 Å². The van der Waals surface area contributed by atoms with Crippen molar-refractivity contribution >= 4 is 5.78 Å². The van der Waals surface area contributed by atoms with Crippen molar-refractivity contribution in [1.82, 2.24) is 4.90 Å². The largest absolute Gasteiger partial charge is 0.472 e. The highest BCUT2D eigenvalue weighted by Gasteiger charge is 2.30. The smallest absolute Gasteiger partial charge is 0.163 e. The minimum Gasteiger partial charge on any atom is -0.472 e. The van der Waals surface area contributed by atoms with Crippen molar-refractivity contribution in [1.29, 1.82) is 0 Å². The number of nitrogens with zero attached hydrogens (tertiary/aromatic N) is 1. The second-order valence-electron chi connectivity index (χ2n) is 5.95. The number of carbonyl (C=O) groups excluding carboxylic acids is 1. The monoisotopic (exact) mass is 273 g/mol. The third kappa shape index (κ3) is 2.59. The van der Waals surface area contributed by atoms with Crippen molar-refractivity contribution in [2.75, 3.05) is 19.6 Å². The highest BCUT2D eigenvalue weighted by Crippen LogP contribution is 2.36. The van der Waals surface area contributed by atoms with E-state index in [0.717, 1.165) is 50.0 Å². The Morgan fingerprint density at radius 2 is 2.15 bits per heavy atom. The number of Topliss-reactive ketones (excluding diaryl/α,β-unsaturated/α-hetero) is 1. The van der Waals surface area contributed by atoms with Crippen molar-refractivity contribution in [3.05, 3.63) is 35.3 Å². The van der Waals surface area contributed by atoms with Gasteiger partial charge in [0.1, 0.15) is 0 Å². The van der Waals surface area contributed by atoms with Crippen LogP contribution in [-0.2, 0) is 9.53 Å². The summed E-state index contributed by atoms with van der Waals surface area (Å²) in [5.41, 5.74) is 3.34. The Kier molecular flexibility index (Phi) is 4.06. The van der Waals surface area contributed by atoms with Gasteiger partial charge >= 0.3 is 0 Å². The first-order valence-corrected chi connectivity index (χ1v) is 7.80. The minimum atomic E-state index is 0.159. The number of ketones is 1. The highest BCUT2D eigenvalue weighted by atomic mass is 16.5. The van der Waals surface area contributed by atoms with Crippen LogP contribution in [0.2, 0.25) is 0 Å². The number of rotatable bonds is 5. The molecule has 20 heavy (non-hydrogen) atoms. The second kappa shape index (κ2) is 5.96. The van der Waals surface area contributed by atoms with Crippen LogP contribution < -0.4 is 0 Å². The van der Waals surface area contributed by atoms with Crippen molar-refractivity contribution in [2.45, 2.75) is 39.0 Å². The van der Waals surface area contributed by atoms with Gasteiger partial charge in [-0.2, -0.15) is 0 Å². The number of fused-ring (bicyclic) bond motifs is 1. The molecule has 0 spiro atoms. The second-order valence-corrected chi connectivity index (χ2v) is 5.95. The van der Waals surface area contributed by atoms with E-state index in [1.165, 1.54) is 18.4 Å². The van der Waals surface area contributed by atoms with Crippen LogP contribution in [-0.4, -0.2) is 30.3 Å². The molecule has 0 N–H and O–H groups in total. The maximum Gasteiger partial charge on any atom is 0.163 e. The van der Waals surface area contributed by atoms with Gasteiger partial charge in [0, 0.05) is 18.0 Å². The molecule has 3 nitrogen and oxygen atoms in total. The normalized spacial score (nSPS) is 23.6. The zero-order valence-corrected chi connectivity index (χ0v) is 12.2. The van der Waals surface area contributed by atoms with Gasteiger partial charge in [-0.1, -0.05) is 6.92 Å². The molecule has 1 fully saturated rings. The van der Waals surface area contributed by atoms with Crippen LogP contribution >= 0.6 is 0 Å². The number of hydrogen-bond acceptors (Lipinski definition) is 3. The predicted octanol–water partition coefficient (Wildman–Crippen LogP) is 3.20. The Labute approximate surface area is 121 Å². The molecule has 1 unspecified atom stereocenters. The third-order valence-corrected chi connectivity index (χ3v) is 4.68. The molecular formula is C17H23NO2. The number of carbonyl (C=O) groups is 1. The Balaban J connectivity index is 1.74. The van der Waals surface area contributed by atoms with Crippen LogP contribution in [0.15, 0.2) is 35.3 Å². The molecule has 2 aliphatic heterocycles. The average molecular weight is 273 g/mol. The average Bonchev–Trinajstić information content (AvgIpc) is 3.13. The zero-order chi connectivity index (χ0) is 13.9. The molecule has 0 radical (unpaired) electrons. The molecule has 0 aromatic carbocycles. The number of hydrogen-bond donors (Lipinski definition) is 0. The third-order valence-electron chi connectivity index (χ3n) is 4.68. The summed E-state index contributed by atoms with van der Waals surface area (Å²) in [5, 5.41) is 0. The summed E-state index contributed by atoms with van der Waals surface area (Å²) in [4.78, 5) is 15.3. The molecule has 2 heterocycles. The van der Waals surface area contributed by atoms with Gasteiger partial charge in [-0.05, 0) is 62.4 Å². The fourth-order valence-electron chi connectivity index (χ4n) is 3.46. The molecule has 0 amide bonds. The van der Waals surface area contributed by atoms with E-state index in [1.807, 2.05) is 6.08 Å². The Morgan fingerprint density at radius 3 is 2.90 bits per heavy atom. The summed E-state index contributed by atoms with van der Waals surface area (Å²) in [6.07, 6.45) is 10.8. The van der Waals surface area contributed by atoms with E-state index in [1.54, 1.807) is 12.5 Å². The standard InChI is InChI=1S/C17H23NO2/c1-2-13(11-18-8-3-4-9-18)17(19)16-6-5-14-12-20-10-7-15(14)16/h7,10,12-13H,2-6,8-9,11H2,1H3. The predicted molar refractivity (Wildman–Crippen MR) is 79.0 cm³/mol. The van der Waals surface area contributed by atoms with Crippen molar-refractivity contribution in [2.24, 2.45) is 5.92 Å². The number of allylic oxidation sites excluding steroid dienone is 4. The van der Waals surface area contributed by atoms with E-state index >= 15 is 0 Å². The lowest BCUT2D eigenvalue weighted by molar-refractivity contribution is -0.119. The van der Waals surface area contributed by atoms with E-state index in [2.05, 4.69) is 11.8 Å². The molecule has 0 aromatic heterocycles. The van der Waals surface area contributed by atoms with Gasteiger partial charge in [0.05, 0.1) is 12.5 Å². The molecule has 108 valence electrons. The van der Waals surface area contributed by atoms with Gasteiger partial charge in [0.2, 0.25) is 0 Å². The van der Waals surface area contributed by atoms with Crippen LogP contribution in [0.5, 0.6) is 0 Å². The zero-order valence-electron chi connectivity index (χ0n) is 12.2. The van der Waals surface area contributed by atoms with Crippen LogP contribution in [0.3, 0.4) is 0 Å². The SMILES string of the molecule is CCC(CN1CCCC1)C(=O)C1=C2C=COC=C2CC1. The van der Waals surface area contributed by atoms with Gasteiger partial charge in [0.25, 0.3) is 0 Å². The maximum absolute atomic E-state index is 12.8. The first-order valence-electron chi connectivity index (χ1n) is 7.80. The first kappa shape index (κ1) is 13.6. The molecule has 1 atom stereocenters. The minimum absolute atomic E-state index is 0.159. The molecule has 0 saturated carbocycles. The Hall–Kier alpha value is -1.35. The summed E-state index contributed by atoms with van der Waals surface area (Å²) in [5.74, 6) is 0.524. The van der Waals surface area contributed by atoms with E-state index in [0.29, 0.717) is 5.78 Å². The summed E-state index contributed by atoms with van der Waals surface area (Å²) in [6, 6.07) is 0. The Bertz CT molecular complexity index is 481. The summed E-state index contributed by atoms with van der Waals surface area (Å²) in [6.45, 7) is 5.39. The van der Waals surface area contributed by atoms with E-state index in [4.69, 9.17) is 4.74 Å². The number of ether oxygens (including phenoxy) is 1. The first-order chi connectivity index (χ1) is 9.79.